The molecule has 10 nitrogen and oxygen atoms in total. The van der Waals surface area contributed by atoms with Gasteiger partial charge in [-0.2, -0.15) is 0 Å². The van der Waals surface area contributed by atoms with Crippen LogP contribution in [0.25, 0.3) is 0 Å². The molecule has 1 heterocycles. The molecule has 0 aromatic rings. The third-order valence-electron chi connectivity index (χ3n) is 14.6. The lowest BCUT2D eigenvalue weighted by Crippen LogP contribution is -2.39. The fourth-order valence-electron chi connectivity index (χ4n) is 10.2. The highest BCUT2D eigenvalue weighted by Crippen LogP contribution is 2.34. The number of rotatable bonds is 33. The fourth-order valence-corrected chi connectivity index (χ4v) is 10.2. The lowest BCUT2D eigenvalue weighted by atomic mass is 9.79. The quantitative estimate of drug-likeness (QED) is 0.0359. The maximum absolute atomic E-state index is 12.8. The van der Waals surface area contributed by atoms with Crippen LogP contribution in [0, 0.1) is 47.3 Å². The molecular weight excluding hydrogens is 793 g/mol. The molecule has 0 aromatic carbocycles. The minimum absolute atomic E-state index is 0.0464. The molecule has 2 aliphatic carbocycles. The number of carbonyl (C=O) groups excluding carboxylic acids is 4. The van der Waals surface area contributed by atoms with E-state index in [1.165, 1.54) is 96.3 Å². The van der Waals surface area contributed by atoms with E-state index in [0.717, 1.165) is 113 Å². The minimum atomic E-state index is -0.334. The Labute approximate surface area is 385 Å². The summed E-state index contributed by atoms with van der Waals surface area (Å²) in [4.78, 5) is 55.6. The lowest BCUT2D eigenvalue weighted by molar-refractivity contribution is -0.156. The van der Waals surface area contributed by atoms with E-state index in [0.29, 0.717) is 13.1 Å². The summed E-state index contributed by atoms with van der Waals surface area (Å²) in [6, 6.07) is 0. The second-order valence-corrected chi connectivity index (χ2v) is 21.2. The Balaban J connectivity index is 1.24. The summed E-state index contributed by atoms with van der Waals surface area (Å²) in [5.74, 6) is 3.56. The van der Waals surface area contributed by atoms with Crippen molar-refractivity contribution >= 4 is 23.9 Å². The first-order valence-electron chi connectivity index (χ1n) is 26.5. The van der Waals surface area contributed by atoms with Crippen LogP contribution in [0.1, 0.15) is 202 Å². The van der Waals surface area contributed by atoms with E-state index in [1.54, 1.807) is 0 Å². The number of hydrogen-bond acceptors (Lipinski definition) is 10. The van der Waals surface area contributed by atoms with Crippen molar-refractivity contribution in [2.24, 2.45) is 47.3 Å². The zero-order valence-electron chi connectivity index (χ0n) is 41.5. The second-order valence-electron chi connectivity index (χ2n) is 21.2. The Kier molecular flexibility index (Phi) is 29.1. The molecule has 0 radical (unpaired) electrons. The first-order valence-corrected chi connectivity index (χ1v) is 26.5. The SMILES string of the molecule is CC(C)CCCC(C)CCCC1CCC(C(=O)OCCOC(=O)CCN(CCC(=O)OCCOC(=O)C2CCC(CCCC(C)CCCC(C)C)CC2)CCN2CCCCC2)CC1. The van der Waals surface area contributed by atoms with Crippen molar-refractivity contribution < 1.29 is 38.1 Å². The molecule has 63 heavy (non-hydrogen) atoms. The summed E-state index contributed by atoms with van der Waals surface area (Å²) >= 11 is 0. The molecule has 0 N–H and O–H groups in total. The molecule has 0 amide bonds. The van der Waals surface area contributed by atoms with Gasteiger partial charge in [0.1, 0.15) is 26.4 Å². The van der Waals surface area contributed by atoms with Crippen LogP contribution in [-0.4, -0.2) is 99.4 Å². The van der Waals surface area contributed by atoms with Crippen molar-refractivity contribution in [3.05, 3.63) is 0 Å². The molecule has 0 spiro atoms. The summed E-state index contributed by atoms with van der Waals surface area (Å²) in [5.41, 5.74) is 0. The van der Waals surface area contributed by atoms with Crippen LogP contribution in [0.2, 0.25) is 0 Å². The van der Waals surface area contributed by atoms with Gasteiger partial charge in [-0.3, -0.25) is 19.2 Å². The van der Waals surface area contributed by atoms with Crippen LogP contribution < -0.4 is 0 Å². The molecule has 10 heteroatoms. The zero-order chi connectivity index (χ0) is 45.7. The van der Waals surface area contributed by atoms with Gasteiger partial charge in [0.05, 0.1) is 24.7 Å². The van der Waals surface area contributed by atoms with Crippen LogP contribution in [-0.2, 0) is 38.1 Å². The van der Waals surface area contributed by atoms with E-state index in [9.17, 15) is 19.2 Å². The summed E-state index contributed by atoms with van der Waals surface area (Å²) in [6.45, 7) is 19.0. The van der Waals surface area contributed by atoms with Crippen molar-refractivity contribution in [3.8, 4) is 0 Å². The molecule has 366 valence electrons. The van der Waals surface area contributed by atoms with Crippen molar-refractivity contribution in [1.82, 2.24) is 9.80 Å². The minimum Gasteiger partial charge on any atom is -0.462 e. The van der Waals surface area contributed by atoms with Crippen LogP contribution >= 0.6 is 0 Å². The largest absolute Gasteiger partial charge is 0.462 e. The third-order valence-corrected chi connectivity index (χ3v) is 14.6. The van der Waals surface area contributed by atoms with E-state index in [2.05, 4.69) is 51.3 Å². The lowest BCUT2D eigenvalue weighted by Gasteiger charge is -2.29. The van der Waals surface area contributed by atoms with Crippen molar-refractivity contribution in [2.75, 3.05) is 65.7 Å². The number of likely N-dealkylation sites (tertiary alicyclic amines) is 1. The smallest absolute Gasteiger partial charge is 0.309 e. The summed E-state index contributed by atoms with van der Waals surface area (Å²) in [7, 11) is 0. The maximum atomic E-state index is 12.8. The van der Waals surface area contributed by atoms with Gasteiger partial charge >= 0.3 is 23.9 Å². The predicted molar refractivity (Wildman–Crippen MR) is 254 cm³/mol. The number of piperidine rings is 1. The highest BCUT2D eigenvalue weighted by molar-refractivity contribution is 5.73. The monoisotopic (exact) mass is 889 g/mol. The van der Waals surface area contributed by atoms with E-state index >= 15 is 0 Å². The van der Waals surface area contributed by atoms with Gasteiger partial charge in [-0.1, -0.05) is 125 Å². The van der Waals surface area contributed by atoms with E-state index in [1.807, 2.05) is 0 Å². The highest BCUT2D eigenvalue weighted by Gasteiger charge is 2.29. The molecule has 2 atom stereocenters. The molecule has 2 saturated carbocycles. The predicted octanol–water partition coefficient (Wildman–Crippen LogP) is 11.6. The first kappa shape index (κ1) is 55.1. The molecule has 0 aromatic heterocycles. The van der Waals surface area contributed by atoms with Gasteiger partial charge in [-0.15, -0.1) is 0 Å². The number of esters is 4. The van der Waals surface area contributed by atoms with Crippen molar-refractivity contribution in [3.63, 3.8) is 0 Å². The summed E-state index contributed by atoms with van der Waals surface area (Å²) < 4.78 is 22.0. The van der Waals surface area contributed by atoms with Gasteiger partial charge in [0, 0.05) is 26.2 Å². The Bertz CT molecular complexity index is 1140. The maximum Gasteiger partial charge on any atom is 0.309 e. The zero-order valence-corrected chi connectivity index (χ0v) is 41.5. The number of hydrogen-bond donors (Lipinski definition) is 0. The van der Waals surface area contributed by atoms with Gasteiger partial charge < -0.3 is 28.7 Å². The normalized spacial score (nSPS) is 21.9. The van der Waals surface area contributed by atoms with Crippen molar-refractivity contribution in [2.45, 2.75) is 202 Å². The molecule has 1 aliphatic heterocycles. The standard InChI is InChI=1S/C53H96N2O8/c1-42(2)14-10-16-44(5)18-12-20-46-22-26-48(27-23-46)52(58)62-40-38-60-50(56)30-34-55(37-36-54-32-8-7-9-33-54)35-31-51(57)61-39-41-63-53(59)49-28-24-47(25-29-49)21-13-19-45(6)17-11-15-43(3)4/h42-49H,7-41H2,1-6H3. The average Bonchev–Trinajstić information content (AvgIpc) is 3.26. The summed E-state index contributed by atoms with van der Waals surface area (Å²) in [5, 5.41) is 0. The fraction of sp³-hybridized carbons (Fsp3) is 0.925. The van der Waals surface area contributed by atoms with Crippen LogP contribution in [0.5, 0.6) is 0 Å². The van der Waals surface area contributed by atoms with Crippen molar-refractivity contribution in [1.29, 1.82) is 0 Å². The second kappa shape index (κ2) is 33.3. The molecule has 1 saturated heterocycles. The van der Waals surface area contributed by atoms with Gasteiger partial charge in [-0.25, -0.2) is 0 Å². The van der Waals surface area contributed by atoms with Gasteiger partial charge in [0.15, 0.2) is 0 Å². The topological polar surface area (TPSA) is 112 Å². The Morgan fingerprint density at radius 3 is 1.30 bits per heavy atom. The van der Waals surface area contributed by atoms with Crippen LogP contribution in [0.4, 0.5) is 0 Å². The van der Waals surface area contributed by atoms with Crippen LogP contribution in [0.3, 0.4) is 0 Å². The first-order chi connectivity index (χ1) is 30.4. The Morgan fingerprint density at radius 2 is 0.889 bits per heavy atom. The Hall–Kier alpha value is -2.20. The van der Waals surface area contributed by atoms with E-state index in [-0.39, 0.29) is 75.0 Å². The molecular formula is C53H96N2O8. The molecule has 3 rings (SSSR count). The molecule has 3 aliphatic rings. The van der Waals surface area contributed by atoms with Crippen LogP contribution in [0.15, 0.2) is 0 Å². The van der Waals surface area contributed by atoms with Gasteiger partial charge in [0.25, 0.3) is 0 Å². The van der Waals surface area contributed by atoms with Gasteiger partial charge in [-0.05, 0) is 113 Å². The number of nitrogens with zero attached hydrogens (tertiary/aromatic N) is 2. The van der Waals surface area contributed by atoms with E-state index in [4.69, 9.17) is 18.9 Å². The van der Waals surface area contributed by atoms with Gasteiger partial charge in [0.2, 0.25) is 0 Å². The molecule has 0 bridgehead atoms. The Morgan fingerprint density at radius 1 is 0.492 bits per heavy atom. The number of ether oxygens (including phenoxy) is 4. The molecule has 2 unspecified atom stereocenters. The molecule has 3 fully saturated rings. The highest BCUT2D eigenvalue weighted by atomic mass is 16.6. The third kappa shape index (κ3) is 26.5. The van der Waals surface area contributed by atoms with E-state index < -0.39 is 0 Å². The average molecular weight is 889 g/mol. The number of carbonyl (C=O) groups is 4. The summed E-state index contributed by atoms with van der Waals surface area (Å²) in [6.07, 6.45) is 27.7.